The first kappa shape index (κ1) is 23.7. The molecule has 3 aromatic carbocycles. The van der Waals surface area contributed by atoms with Gasteiger partial charge in [0.2, 0.25) is 5.91 Å². The smallest absolute Gasteiger partial charge is 0.217 e. The van der Waals surface area contributed by atoms with E-state index in [9.17, 15) is 14.4 Å². The number of hydrogen-bond donors (Lipinski definition) is 2. The Morgan fingerprint density at radius 2 is 1.61 bits per heavy atom. The highest BCUT2D eigenvalue weighted by Gasteiger charge is 2.62. The summed E-state index contributed by atoms with van der Waals surface area (Å²) in [4.78, 5) is 43.2. The number of rotatable bonds is 6. The molecule has 1 aliphatic carbocycles. The van der Waals surface area contributed by atoms with E-state index in [-0.39, 0.29) is 17.5 Å². The van der Waals surface area contributed by atoms with E-state index in [0.717, 1.165) is 44.4 Å². The van der Waals surface area contributed by atoms with Crippen molar-refractivity contribution in [3.63, 3.8) is 0 Å². The summed E-state index contributed by atoms with van der Waals surface area (Å²) in [6.45, 7) is 7.55. The lowest BCUT2D eigenvalue weighted by atomic mass is 9.53. The van der Waals surface area contributed by atoms with Crippen LogP contribution in [0.5, 0.6) is 0 Å². The Labute approximate surface area is 210 Å². The van der Waals surface area contributed by atoms with Crippen molar-refractivity contribution in [3.05, 3.63) is 106 Å². The van der Waals surface area contributed by atoms with Crippen molar-refractivity contribution in [1.29, 1.82) is 0 Å². The number of aromatic amines is 1. The summed E-state index contributed by atoms with van der Waals surface area (Å²) in [7, 11) is 0. The normalized spacial score (nSPS) is 20.3. The van der Waals surface area contributed by atoms with Crippen LogP contribution in [0.3, 0.4) is 0 Å². The van der Waals surface area contributed by atoms with Gasteiger partial charge >= 0.3 is 0 Å². The van der Waals surface area contributed by atoms with Crippen LogP contribution >= 0.6 is 0 Å². The molecule has 4 aromatic rings. The van der Waals surface area contributed by atoms with Gasteiger partial charge in [-0.3, -0.25) is 14.4 Å². The molecular formula is C31H30N2O3. The van der Waals surface area contributed by atoms with Gasteiger partial charge in [-0.25, -0.2) is 0 Å². The highest BCUT2D eigenvalue weighted by atomic mass is 16.2. The van der Waals surface area contributed by atoms with E-state index in [1.807, 2.05) is 86.6 Å². The Kier molecular flexibility index (Phi) is 5.87. The van der Waals surface area contributed by atoms with Crippen LogP contribution < -0.4 is 5.32 Å². The third kappa shape index (κ3) is 3.67. The van der Waals surface area contributed by atoms with E-state index in [2.05, 4.69) is 10.3 Å². The molecule has 1 atom stereocenters. The van der Waals surface area contributed by atoms with Gasteiger partial charge in [-0.05, 0) is 37.5 Å². The second-order valence-electron chi connectivity index (χ2n) is 10.0. The minimum absolute atomic E-state index is 0.0777. The summed E-state index contributed by atoms with van der Waals surface area (Å²) in [6, 6.07) is 23.4. The molecule has 1 heterocycles. The second kappa shape index (κ2) is 8.90. The number of ketones is 2. The van der Waals surface area contributed by atoms with Crippen LogP contribution in [0.4, 0.5) is 0 Å². The quantitative estimate of drug-likeness (QED) is 0.370. The molecule has 0 aliphatic heterocycles. The molecule has 0 bridgehead atoms. The maximum atomic E-state index is 13.9. The summed E-state index contributed by atoms with van der Waals surface area (Å²) < 4.78 is 0. The van der Waals surface area contributed by atoms with Gasteiger partial charge in [0.1, 0.15) is 5.41 Å². The highest BCUT2D eigenvalue weighted by Crippen LogP contribution is 2.50. The minimum atomic E-state index is -1.16. The molecule has 1 aromatic heterocycles. The first-order chi connectivity index (χ1) is 17.2. The molecule has 182 valence electrons. The van der Waals surface area contributed by atoms with Gasteiger partial charge in [-0.15, -0.1) is 0 Å². The minimum Gasteiger partial charge on any atom is -0.357 e. The molecule has 5 rings (SSSR count). The Bertz CT molecular complexity index is 1470. The van der Waals surface area contributed by atoms with Crippen LogP contribution in [-0.2, 0) is 26.3 Å². The van der Waals surface area contributed by atoms with Crippen molar-refractivity contribution in [3.8, 4) is 0 Å². The van der Waals surface area contributed by atoms with Gasteiger partial charge < -0.3 is 10.3 Å². The molecule has 5 heteroatoms. The monoisotopic (exact) mass is 478 g/mol. The average molecular weight is 479 g/mol. The van der Waals surface area contributed by atoms with Crippen LogP contribution in [0.25, 0.3) is 10.9 Å². The molecule has 1 aliphatic rings. The van der Waals surface area contributed by atoms with Crippen LogP contribution in [0.15, 0.2) is 72.8 Å². The molecule has 5 nitrogen and oxygen atoms in total. The number of aromatic nitrogens is 1. The Balaban J connectivity index is 1.67. The number of carbonyl (C=O) groups is 3. The molecule has 0 radical (unpaired) electrons. The maximum Gasteiger partial charge on any atom is 0.217 e. The number of aryl methyl sites for hydroxylation is 2. The van der Waals surface area contributed by atoms with Gasteiger partial charge in [0.05, 0.1) is 5.92 Å². The van der Waals surface area contributed by atoms with Gasteiger partial charge in [0.15, 0.2) is 11.6 Å². The van der Waals surface area contributed by atoms with Crippen molar-refractivity contribution in [2.24, 2.45) is 5.92 Å². The van der Waals surface area contributed by atoms with Gasteiger partial charge in [0.25, 0.3) is 0 Å². The number of nitrogens with one attached hydrogen (secondary N) is 2. The van der Waals surface area contributed by atoms with Gasteiger partial charge in [-0.2, -0.15) is 0 Å². The predicted octanol–water partition coefficient (Wildman–Crippen LogP) is 5.28. The second-order valence-corrected chi connectivity index (χ2v) is 10.0. The Morgan fingerprint density at radius 3 is 2.25 bits per heavy atom. The topological polar surface area (TPSA) is 79.0 Å². The summed E-state index contributed by atoms with van der Waals surface area (Å²) in [6.07, 6.45) is 0. The third-order valence-corrected chi connectivity index (χ3v) is 7.68. The summed E-state index contributed by atoms with van der Waals surface area (Å²) in [5.74, 6) is -1.59. The van der Waals surface area contributed by atoms with Crippen LogP contribution in [0.1, 0.15) is 53.3 Å². The third-order valence-electron chi connectivity index (χ3n) is 7.68. The molecule has 0 saturated heterocycles. The number of fused-ring (bicyclic) bond motifs is 1. The fourth-order valence-electron chi connectivity index (χ4n) is 5.55. The number of Topliss-reactive ketones (excluding diaryl/α,β-unsaturated/α-hetero) is 2. The van der Waals surface area contributed by atoms with Gasteiger partial charge in [-0.1, -0.05) is 78.4 Å². The number of amides is 1. The van der Waals surface area contributed by atoms with Gasteiger partial charge in [0, 0.05) is 41.5 Å². The largest absolute Gasteiger partial charge is 0.357 e. The molecule has 36 heavy (non-hydrogen) atoms. The van der Waals surface area contributed by atoms with E-state index < -0.39 is 17.3 Å². The van der Waals surface area contributed by atoms with Crippen molar-refractivity contribution in [1.82, 2.24) is 10.3 Å². The average Bonchev–Trinajstić information content (AvgIpc) is 3.25. The molecule has 1 saturated carbocycles. The molecule has 1 amide bonds. The molecular weight excluding hydrogens is 448 g/mol. The van der Waals surface area contributed by atoms with E-state index >= 15 is 0 Å². The zero-order valence-corrected chi connectivity index (χ0v) is 21.0. The van der Waals surface area contributed by atoms with Crippen LogP contribution in [-0.4, -0.2) is 22.5 Å². The number of carbonyl (C=O) groups excluding carboxylic acids is 3. The predicted molar refractivity (Wildman–Crippen MR) is 141 cm³/mol. The number of hydrogen-bond acceptors (Lipinski definition) is 3. The zero-order valence-electron chi connectivity index (χ0n) is 21.0. The maximum absolute atomic E-state index is 13.9. The van der Waals surface area contributed by atoms with Crippen molar-refractivity contribution < 1.29 is 14.4 Å². The van der Waals surface area contributed by atoms with E-state index in [0.29, 0.717) is 6.54 Å². The van der Waals surface area contributed by atoms with Crippen LogP contribution in [0.2, 0.25) is 0 Å². The summed E-state index contributed by atoms with van der Waals surface area (Å²) in [5, 5.41) is 3.91. The van der Waals surface area contributed by atoms with Crippen LogP contribution in [0, 0.1) is 19.8 Å². The molecule has 0 spiro atoms. The molecule has 2 N–H and O–H groups in total. The SMILES string of the molecule is CC(=O)NCc1c(C(c2ccccc2)C2C(=O)C(C)(c3ccc(C)cc3)C2=O)[nH]c2c(C)cccc12. The number of para-hydroxylation sites is 1. The lowest BCUT2D eigenvalue weighted by Gasteiger charge is -2.45. The summed E-state index contributed by atoms with van der Waals surface area (Å²) in [5.41, 5.74) is 5.27. The van der Waals surface area contributed by atoms with Crippen molar-refractivity contribution in [2.75, 3.05) is 0 Å². The van der Waals surface area contributed by atoms with E-state index in [4.69, 9.17) is 0 Å². The fraction of sp³-hybridized carbons (Fsp3) is 0.258. The Hall–Kier alpha value is -3.99. The first-order valence-electron chi connectivity index (χ1n) is 12.3. The fourth-order valence-corrected chi connectivity index (χ4v) is 5.55. The van der Waals surface area contributed by atoms with Crippen molar-refractivity contribution in [2.45, 2.75) is 45.6 Å². The molecule has 1 unspecified atom stereocenters. The van der Waals surface area contributed by atoms with E-state index in [1.165, 1.54) is 6.92 Å². The lowest BCUT2D eigenvalue weighted by Crippen LogP contribution is -2.62. The van der Waals surface area contributed by atoms with E-state index in [1.54, 1.807) is 6.92 Å². The van der Waals surface area contributed by atoms with Crippen molar-refractivity contribution >= 4 is 28.4 Å². The number of benzene rings is 3. The standard InChI is InChI=1S/C31H30N2O3/c1-18-13-15-22(16-14-18)31(4)29(35)26(30(31)36)25(21-10-6-5-7-11-21)28-24(17-32-20(3)34)23-12-8-9-19(2)27(23)33-28/h5-16,25-26,33H,17H2,1-4H3,(H,32,34). The number of H-pyrrole nitrogens is 1. The summed E-state index contributed by atoms with van der Waals surface area (Å²) >= 11 is 0. The molecule has 1 fully saturated rings. The highest BCUT2D eigenvalue weighted by molar-refractivity contribution is 6.32. The first-order valence-corrected chi connectivity index (χ1v) is 12.3. The zero-order chi connectivity index (χ0) is 25.6. The lowest BCUT2D eigenvalue weighted by molar-refractivity contribution is -0.153. The Morgan fingerprint density at radius 1 is 0.944 bits per heavy atom.